The number of rotatable bonds is 6. The minimum Gasteiger partial charge on any atom is -0.444 e. The second-order valence-corrected chi connectivity index (χ2v) is 7.71. The second-order valence-electron chi connectivity index (χ2n) is 7.71. The molecule has 0 unspecified atom stereocenters. The molecule has 4 rings (SSSR count). The molecule has 2 aromatic carbocycles. The fourth-order valence-corrected chi connectivity index (χ4v) is 3.56. The number of hydrogen-bond acceptors (Lipinski definition) is 6. The Bertz CT molecular complexity index is 1120. The topological polar surface area (TPSA) is 85.5 Å². The number of hydrogen-bond donors (Lipinski definition) is 1. The number of aromatic nitrogens is 2. The van der Waals surface area contributed by atoms with Crippen LogP contribution in [0.25, 0.3) is 0 Å². The third-order valence-corrected chi connectivity index (χ3v) is 5.33. The van der Waals surface area contributed by atoms with Crippen molar-refractivity contribution >= 4 is 11.5 Å². The van der Waals surface area contributed by atoms with Gasteiger partial charge in [0.1, 0.15) is 12.8 Å². The summed E-state index contributed by atoms with van der Waals surface area (Å²) < 4.78 is 45.8. The molecule has 1 aromatic heterocycles. The Morgan fingerprint density at radius 3 is 2.58 bits per heavy atom. The molecule has 0 bridgehead atoms. The van der Waals surface area contributed by atoms with E-state index in [1.54, 1.807) is 10.6 Å². The molecular formula is C22H22F3N5O3. The molecule has 1 N–H and O–H groups in total. The van der Waals surface area contributed by atoms with Gasteiger partial charge in [-0.25, -0.2) is 0 Å². The van der Waals surface area contributed by atoms with Crippen molar-refractivity contribution in [1.82, 2.24) is 14.5 Å². The van der Waals surface area contributed by atoms with Crippen LogP contribution in [-0.4, -0.2) is 39.1 Å². The van der Waals surface area contributed by atoms with Crippen LogP contribution < -0.4 is 10.1 Å². The van der Waals surface area contributed by atoms with E-state index in [1.807, 2.05) is 24.3 Å². The number of nitro groups is 1. The Kier molecular flexibility index (Phi) is 6.50. The van der Waals surface area contributed by atoms with Crippen molar-refractivity contribution in [3.63, 3.8) is 0 Å². The Labute approximate surface area is 187 Å². The van der Waals surface area contributed by atoms with Gasteiger partial charge in [0.15, 0.2) is 0 Å². The summed E-state index contributed by atoms with van der Waals surface area (Å²) in [5.74, 6) is -0.229. The Morgan fingerprint density at radius 2 is 1.85 bits per heavy atom. The van der Waals surface area contributed by atoms with Crippen molar-refractivity contribution in [3.05, 3.63) is 81.5 Å². The van der Waals surface area contributed by atoms with Gasteiger partial charge in [-0.2, -0.15) is 13.2 Å². The van der Waals surface area contributed by atoms with Gasteiger partial charge in [0.05, 0.1) is 5.56 Å². The predicted molar refractivity (Wildman–Crippen MR) is 115 cm³/mol. The smallest absolute Gasteiger partial charge is 0.416 e. The minimum atomic E-state index is -4.37. The summed E-state index contributed by atoms with van der Waals surface area (Å²) in [6, 6.07) is 13.2. The lowest BCUT2D eigenvalue weighted by Crippen LogP contribution is -2.33. The van der Waals surface area contributed by atoms with Gasteiger partial charge < -0.3 is 20.2 Å². The summed E-state index contributed by atoms with van der Waals surface area (Å²) in [5, 5.41) is 13.9. The highest BCUT2D eigenvalue weighted by molar-refractivity contribution is 5.47. The molecule has 2 heterocycles. The predicted octanol–water partition coefficient (Wildman–Crippen LogP) is 4.32. The fraction of sp³-hybridized carbons (Fsp3) is 0.318. The van der Waals surface area contributed by atoms with Crippen LogP contribution >= 0.6 is 0 Å². The molecule has 8 nitrogen and oxygen atoms in total. The summed E-state index contributed by atoms with van der Waals surface area (Å²) in [6.45, 7) is 3.31. The zero-order valence-corrected chi connectivity index (χ0v) is 17.6. The van der Waals surface area contributed by atoms with Gasteiger partial charge in [0.2, 0.25) is 0 Å². The fourth-order valence-electron chi connectivity index (χ4n) is 3.56. The molecule has 1 aliphatic rings. The minimum absolute atomic E-state index is 0.229. The molecule has 0 atom stereocenters. The van der Waals surface area contributed by atoms with Gasteiger partial charge in [-0.3, -0.25) is 9.47 Å². The van der Waals surface area contributed by atoms with E-state index in [1.165, 1.54) is 12.3 Å². The van der Waals surface area contributed by atoms with Gasteiger partial charge in [-0.15, -0.1) is 0 Å². The number of anilines is 1. The van der Waals surface area contributed by atoms with Gasteiger partial charge in [-0.1, -0.05) is 30.3 Å². The second kappa shape index (κ2) is 9.49. The maximum absolute atomic E-state index is 12.9. The molecule has 0 saturated carbocycles. The average Bonchev–Trinajstić information content (AvgIpc) is 3.17. The van der Waals surface area contributed by atoms with Crippen LogP contribution in [0.15, 0.2) is 54.7 Å². The first-order chi connectivity index (χ1) is 15.8. The van der Waals surface area contributed by atoms with Gasteiger partial charge in [0, 0.05) is 43.4 Å². The van der Waals surface area contributed by atoms with Crippen LogP contribution in [0.1, 0.15) is 16.7 Å². The van der Waals surface area contributed by atoms with Crippen molar-refractivity contribution in [1.29, 1.82) is 0 Å². The summed E-state index contributed by atoms with van der Waals surface area (Å²) >= 11 is 0. The van der Waals surface area contributed by atoms with Crippen molar-refractivity contribution in [2.45, 2.75) is 25.8 Å². The quantitative estimate of drug-likeness (QED) is 0.435. The third-order valence-electron chi connectivity index (χ3n) is 5.33. The van der Waals surface area contributed by atoms with Crippen LogP contribution in [0.2, 0.25) is 0 Å². The monoisotopic (exact) mass is 461 g/mol. The largest absolute Gasteiger partial charge is 0.444 e. The molecule has 0 fully saturated rings. The first kappa shape index (κ1) is 22.6. The zero-order valence-electron chi connectivity index (χ0n) is 17.6. The van der Waals surface area contributed by atoms with Crippen LogP contribution in [-0.2, 0) is 25.8 Å². The Morgan fingerprint density at radius 1 is 1.09 bits per heavy atom. The number of halogens is 3. The van der Waals surface area contributed by atoms with Crippen molar-refractivity contribution in [3.8, 4) is 6.01 Å². The summed E-state index contributed by atoms with van der Waals surface area (Å²) in [4.78, 5) is 16.5. The Hall–Kier alpha value is -3.60. The molecule has 3 aromatic rings. The standard InChI is InChI=1S/C22H22F3N5O3/c23-22(24,25)18-2-1-3-19(12-18)26-13-16-4-6-17(7-5-16)14-28-8-9-29-15-20(30(31)32)27-21(29)33-11-10-28/h1-7,12,15,26H,8-11,13-14H2. The maximum atomic E-state index is 12.9. The zero-order chi connectivity index (χ0) is 23.4. The molecule has 0 spiro atoms. The Balaban J connectivity index is 1.32. The first-order valence-corrected chi connectivity index (χ1v) is 10.3. The van der Waals surface area contributed by atoms with Crippen molar-refractivity contribution < 1.29 is 22.8 Å². The van der Waals surface area contributed by atoms with E-state index in [0.29, 0.717) is 45.0 Å². The lowest BCUT2D eigenvalue weighted by molar-refractivity contribution is -0.389. The molecule has 174 valence electrons. The van der Waals surface area contributed by atoms with Crippen LogP contribution in [0.5, 0.6) is 6.01 Å². The molecule has 33 heavy (non-hydrogen) atoms. The van der Waals surface area contributed by atoms with Gasteiger partial charge >= 0.3 is 18.0 Å². The normalized spacial score (nSPS) is 14.6. The highest BCUT2D eigenvalue weighted by Crippen LogP contribution is 2.30. The SMILES string of the molecule is O=[N+]([O-])c1cn2c(n1)OCCN(Cc1ccc(CNc3cccc(C(F)(F)F)c3)cc1)CC2. The molecule has 11 heteroatoms. The molecular weight excluding hydrogens is 439 g/mol. The molecule has 0 aliphatic carbocycles. The van der Waals surface area contributed by atoms with E-state index in [2.05, 4.69) is 15.2 Å². The lowest BCUT2D eigenvalue weighted by Gasteiger charge is -2.24. The summed E-state index contributed by atoms with van der Waals surface area (Å²) in [7, 11) is 0. The van der Waals surface area contributed by atoms with E-state index in [-0.39, 0.29) is 11.8 Å². The molecule has 0 saturated heterocycles. The number of imidazole rings is 1. The number of nitrogens with zero attached hydrogens (tertiary/aromatic N) is 4. The van der Waals surface area contributed by atoms with E-state index >= 15 is 0 Å². The van der Waals surface area contributed by atoms with Crippen LogP contribution in [0.3, 0.4) is 0 Å². The van der Waals surface area contributed by atoms with E-state index < -0.39 is 16.7 Å². The van der Waals surface area contributed by atoms with E-state index in [4.69, 9.17) is 4.74 Å². The molecule has 1 aliphatic heterocycles. The van der Waals surface area contributed by atoms with E-state index in [9.17, 15) is 23.3 Å². The van der Waals surface area contributed by atoms with Crippen LogP contribution in [0, 0.1) is 10.1 Å². The van der Waals surface area contributed by atoms with Gasteiger partial charge in [0.25, 0.3) is 0 Å². The first-order valence-electron chi connectivity index (χ1n) is 10.3. The summed E-state index contributed by atoms with van der Waals surface area (Å²) in [5.41, 5.74) is 1.75. The number of fused-ring (bicyclic) bond motifs is 1. The third kappa shape index (κ3) is 5.80. The number of nitrogens with one attached hydrogen (secondary N) is 1. The van der Waals surface area contributed by atoms with Gasteiger partial charge in [-0.05, 0) is 34.2 Å². The van der Waals surface area contributed by atoms with Crippen molar-refractivity contribution in [2.75, 3.05) is 25.0 Å². The van der Waals surface area contributed by atoms with Crippen molar-refractivity contribution in [2.24, 2.45) is 0 Å². The van der Waals surface area contributed by atoms with Crippen LogP contribution in [0.4, 0.5) is 24.7 Å². The maximum Gasteiger partial charge on any atom is 0.416 e. The number of benzene rings is 2. The molecule has 0 amide bonds. The summed E-state index contributed by atoms with van der Waals surface area (Å²) in [6.07, 6.45) is -2.99. The van der Waals surface area contributed by atoms with E-state index in [0.717, 1.165) is 23.3 Å². The number of alkyl halides is 3. The average molecular weight is 461 g/mol. The lowest BCUT2D eigenvalue weighted by atomic mass is 10.1. The highest BCUT2D eigenvalue weighted by Gasteiger charge is 2.30. The highest BCUT2D eigenvalue weighted by atomic mass is 19.4. The molecule has 0 radical (unpaired) electrons. The number of ether oxygens (including phenoxy) is 1.